The van der Waals surface area contributed by atoms with E-state index in [9.17, 15) is 0 Å². The molecule has 1 heterocycles. The van der Waals surface area contributed by atoms with Gasteiger partial charge in [0.15, 0.2) is 0 Å². The van der Waals surface area contributed by atoms with Gasteiger partial charge in [0.2, 0.25) is 0 Å². The van der Waals surface area contributed by atoms with Crippen LogP contribution in [-0.4, -0.2) is 12.2 Å². The molecule has 1 rings (SSSR count). The molecule has 0 bridgehead atoms. The summed E-state index contributed by atoms with van der Waals surface area (Å²) in [4.78, 5) is 0. The first kappa shape index (κ1) is 8.20. The minimum Gasteiger partial charge on any atom is -0.467 e. The fourth-order valence-electron chi connectivity index (χ4n) is 0.403. The van der Waals surface area contributed by atoms with E-state index in [0.29, 0.717) is 5.76 Å². The Morgan fingerprint density at radius 1 is 1.67 bits per heavy atom. The predicted octanol–water partition coefficient (Wildman–Crippen LogP) is 0.347. The van der Waals surface area contributed by atoms with E-state index in [-0.39, 0.29) is 6.61 Å². The number of aliphatic hydroxyl groups is 1. The van der Waals surface area contributed by atoms with Crippen molar-refractivity contribution in [2.75, 3.05) is 7.05 Å². The van der Waals surface area contributed by atoms with Gasteiger partial charge in [0, 0.05) is 0 Å². The van der Waals surface area contributed by atoms with Gasteiger partial charge in [0.25, 0.3) is 0 Å². The first-order chi connectivity index (χ1) is 4.43. The third-order valence-electron chi connectivity index (χ3n) is 0.736. The molecule has 0 spiro atoms. The van der Waals surface area contributed by atoms with Crippen LogP contribution in [0.15, 0.2) is 22.8 Å². The van der Waals surface area contributed by atoms with Gasteiger partial charge >= 0.3 is 0 Å². The zero-order chi connectivity index (χ0) is 7.11. The summed E-state index contributed by atoms with van der Waals surface area (Å²) < 4.78 is 4.73. The number of rotatable bonds is 1. The second kappa shape index (κ2) is 5.34. The number of hydrogen-bond acceptors (Lipinski definition) is 3. The monoisotopic (exact) mass is 129 g/mol. The highest BCUT2D eigenvalue weighted by molar-refractivity contribution is 4.95. The van der Waals surface area contributed by atoms with Gasteiger partial charge in [-0.15, -0.1) is 0 Å². The minimum absolute atomic E-state index is 0.00694. The van der Waals surface area contributed by atoms with E-state index in [1.54, 1.807) is 12.1 Å². The van der Waals surface area contributed by atoms with Crippen molar-refractivity contribution < 1.29 is 9.52 Å². The van der Waals surface area contributed by atoms with Crippen molar-refractivity contribution in [1.29, 1.82) is 0 Å². The zero-order valence-electron chi connectivity index (χ0n) is 5.37. The van der Waals surface area contributed by atoms with Crippen LogP contribution in [0.5, 0.6) is 0 Å². The quantitative estimate of drug-likeness (QED) is 0.575. The van der Waals surface area contributed by atoms with E-state index < -0.39 is 0 Å². The highest BCUT2D eigenvalue weighted by Crippen LogP contribution is 1.96. The van der Waals surface area contributed by atoms with Crippen LogP contribution in [-0.2, 0) is 6.61 Å². The summed E-state index contributed by atoms with van der Waals surface area (Å²) in [5.41, 5.74) is 4.50. The Morgan fingerprint density at radius 3 is 2.56 bits per heavy atom. The molecule has 0 amide bonds. The van der Waals surface area contributed by atoms with E-state index in [1.807, 2.05) is 0 Å². The second-order valence-corrected chi connectivity index (χ2v) is 1.24. The normalized spacial score (nSPS) is 7.89. The third kappa shape index (κ3) is 2.90. The van der Waals surface area contributed by atoms with Crippen LogP contribution in [0.2, 0.25) is 0 Å². The number of aliphatic hydroxyl groups excluding tert-OH is 1. The first-order valence-corrected chi connectivity index (χ1v) is 2.64. The molecule has 0 saturated carbocycles. The smallest absolute Gasteiger partial charge is 0.129 e. The molecule has 1 aromatic rings. The first-order valence-electron chi connectivity index (χ1n) is 2.64. The Bertz CT molecular complexity index is 126. The van der Waals surface area contributed by atoms with Gasteiger partial charge < -0.3 is 15.3 Å². The maximum absolute atomic E-state index is 8.33. The topological polar surface area (TPSA) is 59.4 Å². The molecule has 0 aromatic carbocycles. The highest BCUT2D eigenvalue weighted by atomic mass is 16.4. The Morgan fingerprint density at radius 2 is 2.33 bits per heavy atom. The molecule has 0 aliphatic carbocycles. The van der Waals surface area contributed by atoms with Crippen molar-refractivity contribution in [3.05, 3.63) is 24.2 Å². The molecule has 3 heteroatoms. The average molecular weight is 129 g/mol. The van der Waals surface area contributed by atoms with E-state index in [2.05, 4.69) is 5.73 Å². The molecule has 0 radical (unpaired) electrons. The SMILES string of the molecule is CN.OCc1ccco1. The molecule has 1 aromatic heterocycles. The maximum Gasteiger partial charge on any atom is 0.129 e. The molecule has 0 fully saturated rings. The lowest BCUT2D eigenvalue weighted by Gasteiger charge is -1.79. The van der Waals surface area contributed by atoms with Crippen LogP contribution in [0, 0.1) is 0 Å². The van der Waals surface area contributed by atoms with Crippen molar-refractivity contribution >= 4 is 0 Å². The van der Waals surface area contributed by atoms with Crippen LogP contribution < -0.4 is 5.73 Å². The number of furan rings is 1. The zero-order valence-corrected chi connectivity index (χ0v) is 5.37. The van der Waals surface area contributed by atoms with Gasteiger partial charge in [-0.05, 0) is 19.2 Å². The summed E-state index contributed by atoms with van der Waals surface area (Å²) in [6, 6.07) is 3.46. The fourth-order valence-corrected chi connectivity index (χ4v) is 0.403. The van der Waals surface area contributed by atoms with Crippen molar-refractivity contribution in [2.45, 2.75) is 6.61 Å². The van der Waals surface area contributed by atoms with Gasteiger partial charge in [-0.1, -0.05) is 0 Å². The van der Waals surface area contributed by atoms with Crippen molar-refractivity contribution in [3.63, 3.8) is 0 Å². The molecular weight excluding hydrogens is 118 g/mol. The van der Waals surface area contributed by atoms with Gasteiger partial charge in [-0.3, -0.25) is 0 Å². The van der Waals surface area contributed by atoms with Gasteiger partial charge in [0.1, 0.15) is 12.4 Å². The summed E-state index contributed by atoms with van der Waals surface area (Å²) >= 11 is 0. The molecule has 0 aliphatic heterocycles. The molecular formula is C6H11NO2. The van der Waals surface area contributed by atoms with Crippen LogP contribution in [0.3, 0.4) is 0 Å². The van der Waals surface area contributed by atoms with Gasteiger partial charge in [-0.25, -0.2) is 0 Å². The molecule has 3 N–H and O–H groups in total. The van der Waals surface area contributed by atoms with Crippen molar-refractivity contribution in [2.24, 2.45) is 5.73 Å². The summed E-state index contributed by atoms with van der Waals surface area (Å²) in [7, 11) is 1.50. The van der Waals surface area contributed by atoms with E-state index in [4.69, 9.17) is 9.52 Å². The van der Waals surface area contributed by atoms with Gasteiger partial charge in [-0.2, -0.15) is 0 Å². The minimum atomic E-state index is -0.00694. The maximum atomic E-state index is 8.33. The van der Waals surface area contributed by atoms with Crippen LogP contribution in [0.25, 0.3) is 0 Å². The standard InChI is InChI=1S/C5H6O2.CH5N/c6-4-5-2-1-3-7-5;1-2/h1-3,6H,4H2;2H2,1H3. The van der Waals surface area contributed by atoms with Crippen LogP contribution >= 0.6 is 0 Å². The largest absolute Gasteiger partial charge is 0.467 e. The van der Waals surface area contributed by atoms with E-state index in [1.165, 1.54) is 13.3 Å². The van der Waals surface area contributed by atoms with E-state index in [0.717, 1.165) is 0 Å². The summed E-state index contributed by atoms with van der Waals surface area (Å²) in [5, 5.41) is 8.33. The van der Waals surface area contributed by atoms with Crippen molar-refractivity contribution in [1.82, 2.24) is 0 Å². The molecule has 52 valence electrons. The highest BCUT2D eigenvalue weighted by Gasteiger charge is 1.85. The molecule has 0 aliphatic rings. The number of nitrogens with two attached hydrogens (primary N) is 1. The lowest BCUT2D eigenvalue weighted by Crippen LogP contribution is -1.72. The van der Waals surface area contributed by atoms with Crippen molar-refractivity contribution in [3.8, 4) is 0 Å². The second-order valence-electron chi connectivity index (χ2n) is 1.24. The predicted molar refractivity (Wildman–Crippen MR) is 34.7 cm³/mol. The molecule has 0 saturated heterocycles. The van der Waals surface area contributed by atoms with Crippen LogP contribution in [0.1, 0.15) is 5.76 Å². The number of hydrogen-bond donors (Lipinski definition) is 2. The van der Waals surface area contributed by atoms with E-state index >= 15 is 0 Å². The Balaban J connectivity index is 0.000000291. The fraction of sp³-hybridized carbons (Fsp3) is 0.333. The molecule has 0 atom stereocenters. The average Bonchev–Trinajstić information content (AvgIpc) is 2.43. The lowest BCUT2D eigenvalue weighted by atomic mass is 10.5. The summed E-state index contributed by atoms with van der Waals surface area (Å²) in [6.07, 6.45) is 1.53. The molecule has 3 nitrogen and oxygen atoms in total. The lowest BCUT2D eigenvalue weighted by molar-refractivity contribution is 0.247. The Labute approximate surface area is 54.1 Å². The van der Waals surface area contributed by atoms with Crippen LogP contribution in [0.4, 0.5) is 0 Å². The summed E-state index contributed by atoms with van der Waals surface area (Å²) in [6.45, 7) is -0.00694. The molecule has 9 heavy (non-hydrogen) atoms. The Hall–Kier alpha value is -0.800. The Kier molecular flexibility index (Phi) is 4.86. The third-order valence-corrected chi connectivity index (χ3v) is 0.736. The molecule has 0 unspecified atom stereocenters. The van der Waals surface area contributed by atoms with Gasteiger partial charge in [0.05, 0.1) is 6.26 Å². The summed E-state index contributed by atoms with van der Waals surface area (Å²) in [5.74, 6) is 0.611.